The van der Waals surface area contributed by atoms with Gasteiger partial charge in [-0.05, 0) is 111 Å². The summed E-state index contributed by atoms with van der Waals surface area (Å²) in [7, 11) is 0. The van der Waals surface area contributed by atoms with Crippen LogP contribution in [0, 0.1) is 22.7 Å². The van der Waals surface area contributed by atoms with Gasteiger partial charge in [-0.25, -0.2) is 9.59 Å². The highest BCUT2D eigenvalue weighted by molar-refractivity contribution is 6.10. The molecular weight excluding hydrogens is 705 g/mol. The van der Waals surface area contributed by atoms with Gasteiger partial charge in [0, 0.05) is 69.9 Å². The van der Waals surface area contributed by atoms with E-state index in [1.165, 1.54) is 0 Å². The molecule has 0 radical (unpaired) electrons. The van der Waals surface area contributed by atoms with Crippen LogP contribution < -0.4 is 0 Å². The maximum atomic E-state index is 12.8. The lowest BCUT2D eigenvalue weighted by Gasteiger charge is -2.07. The summed E-state index contributed by atoms with van der Waals surface area (Å²) in [5.74, 6) is -1.35. The fourth-order valence-electron chi connectivity index (χ4n) is 7.22. The average Bonchev–Trinajstić information content (AvgIpc) is 3.71. The number of ether oxygens (including phenoxy) is 2. The van der Waals surface area contributed by atoms with E-state index in [1.54, 1.807) is 12.2 Å². The standard InChI is InChI=1S/C46H46N4O6/c47-31-35(27-33-17-19-43-39(29-33)37-13-3-5-15-41(37)49(43)21-7-9-23-51)45(53)55-25-11-1-2-12-26-56-46(54)36(32-48)28-34-18-20-44-40(30-34)38-14-4-6-16-42(38)50(44)22-8-10-24-52/h3-6,13-20,27-30,51-52H,1-2,7-12,21-26H2/b35-27-,36-28+. The topological polar surface area (TPSA) is 150 Å². The number of benzene rings is 4. The number of carbonyl (C=O) groups is 2. The molecule has 0 saturated carbocycles. The number of rotatable bonds is 19. The van der Waals surface area contributed by atoms with Crippen molar-refractivity contribution in [3.63, 3.8) is 0 Å². The summed E-state index contributed by atoms with van der Waals surface area (Å²) < 4.78 is 15.3. The minimum Gasteiger partial charge on any atom is -0.462 e. The summed E-state index contributed by atoms with van der Waals surface area (Å²) in [5.41, 5.74) is 5.60. The molecule has 2 N–H and O–H groups in total. The Balaban J connectivity index is 0.965. The van der Waals surface area contributed by atoms with Crippen molar-refractivity contribution in [3.8, 4) is 12.1 Å². The second-order valence-corrected chi connectivity index (χ2v) is 13.8. The third kappa shape index (κ3) is 9.18. The van der Waals surface area contributed by atoms with Gasteiger partial charge in [0.1, 0.15) is 23.3 Å². The number of aromatic nitrogens is 2. The molecular formula is C46H46N4O6. The van der Waals surface area contributed by atoms with Crippen LogP contribution in [-0.2, 0) is 32.2 Å². The predicted octanol–water partition coefficient (Wildman–Crippen LogP) is 8.61. The van der Waals surface area contributed by atoms with Gasteiger partial charge in [-0.15, -0.1) is 0 Å². The Morgan fingerprint density at radius 2 is 0.946 bits per heavy atom. The first-order valence-electron chi connectivity index (χ1n) is 19.3. The summed E-state index contributed by atoms with van der Waals surface area (Å²) in [4.78, 5) is 25.6. The van der Waals surface area contributed by atoms with E-state index in [2.05, 4.69) is 33.4 Å². The molecule has 0 aliphatic heterocycles. The molecule has 0 saturated heterocycles. The van der Waals surface area contributed by atoms with Crippen LogP contribution in [0.5, 0.6) is 0 Å². The van der Waals surface area contributed by atoms with E-state index in [0.29, 0.717) is 12.8 Å². The molecule has 0 aliphatic rings. The molecule has 0 amide bonds. The molecule has 2 heterocycles. The van der Waals surface area contributed by atoms with E-state index >= 15 is 0 Å². The van der Waals surface area contributed by atoms with Crippen molar-refractivity contribution in [3.05, 3.63) is 107 Å². The highest BCUT2D eigenvalue weighted by Crippen LogP contribution is 2.32. The first kappa shape index (κ1) is 39.5. The molecule has 6 aromatic rings. The first-order valence-corrected chi connectivity index (χ1v) is 19.3. The van der Waals surface area contributed by atoms with E-state index in [0.717, 1.165) is 106 Å². The molecule has 6 rings (SSSR count). The number of carbonyl (C=O) groups excluding carboxylic acids is 2. The zero-order valence-corrected chi connectivity index (χ0v) is 31.5. The molecule has 0 atom stereocenters. The predicted molar refractivity (Wildman–Crippen MR) is 219 cm³/mol. The summed E-state index contributed by atoms with van der Waals surface area (Å²) >= 11 is 0. The van der Waals surface area contributed by atoms with Gasteiger partial charge in [0.15, 0.2) is 0 Å². The number of nitriles is 2. The number of unbranched alkanes of at least 4 members (excludes halogenated alkanes) is 5. The Morgan fingerprint density at radius 3 is 1.36 bits per heavy atom. The summed E-state index contributed by atoms with van der Waals surface area (Å²) in [5, 5.41) is 42.2. The number of fused-ring (bicyclic) bond motifs is 6. The molecule has 0 spiro atoms. The quantitative estimate of drug-likeness (QED) is 0.0362. The van der Waals surface area contributed by atoms with E-state index in [4.69, 9.17) is 9.47 Å². The Kier molecular flexibility index (Phi) is 13.7. The molecule has 0 unspecified atom stereocenters. The Hall–Kier alpha value is -6.20. The van der Waals surface area contributed by atoms with Gasteiger partial charge in [0.2, 0.25) is 0 Å². The van der Waals surface area contributed by atoms with Crippen molar-refractivity contribution >= 4 is 67.7 Å². The van der Waals surface area contributed by atoms with Crippen molar-refractivity contribution < 1.29 is 29.3 Å². The molecule has 56 heavy (non-hydrogen) atoms. The largest absolute Gasteiger partial charge is 0.462 e. The average molecular weight is 751 g/mol. The van der Waals surface area contributed by atoms with Gasteiger partial charge in [0.05, 0.1) is 13.2 Å². The SMILES string of the molecule is N#C/C(=C/c1ccc2c(c1)c1ccccc1n2CCCCO)C(=O)OCCCCCCOC(=O)/C(C#N)=C/c1ccc2c(c1)c1ccccc1n2CCCCO. The van der Waals surface area contributed by atoms with Gasteiger partial charge in [-0.3, -0.25) is 0 Å². The van der Waals surface area contributed by atoms with Crippen LogP contribution in [0.3, 0.4) is 0 Å². The fraction of sp³-hybridized carbons (Fsp3) is 0.304. The van der Waals surface area contributed by atoms with Crippen molar-refractivity contribution in [2.75, 3.05) is 26.4 Å². The molecule has 10 heteroatoms. The molecule has 286 valence electrons. The molecule has 0 bridgehead atoms. The van der Waals surface area contributed by atoms with Crippen LogP contribution in [-0.4, -0.2) is 57.7 Å². The van der Waals surface area contributed by atoms with Crippen molar-refractivity contribution in [1.29, 1.82) is 10.5 Å². The second-order valence-electron chi connectivity index (χ2n) is 13.8. The Bertz CT molecular complexity index is 2320. The summed E-state index contributed by atoms with van der Waals surface area (Å²) in [6, 6.07) is 31.9. The van der Waals surface area contributed by atoms with Gasteiger partial charge in [-0.2, -0.15) is 10.5 Å². The van der Waals surface area contributed by atoms with E-state index in [-0.39, 0.29) is 37.6 Å². The lowest BCUT2D eigenvalue weighted by molar-refractivity contribution is -0.139. The number of esters is 2. The van der Waals surface area contributed by atoms with Crippen molar-refractivity contribution in [2.24, 2.45) is 0 Å². The molecule has 2 aromatic heterocycles. The minimum absolute atomic E-state index is 0.0785. The zero-order chi connectivity index (χ0) is 39.3. The Labute approximate surface area is 326 Å². The van der Waals surface area contributed by atoms with Crippen molar-refractivity contribution in [1.82, 2.24) is 9.13 Å². The molecule has 0 fully saturated rings. The summed E-state index contributed by atoms with van der Waals surface area (Å²) in [6.07, 6.45) is 8.89. The number of aryl methyl sites for hydroxylation is 2. The molecule has 0 aliphatic carbocycles. The van der Waals surface area contributed by atoms with E-state index in [9.17, 15) is 30.3 Å². The molecule has 4 aromatic carbocycles. The van der Waals surface area contributed by atoms with Crippen LogP contribution in [0.25, 0.3) is 55.8 Å². The monoisotopic (exact) mass is 750 g/mol. The maximum Gasteiger partial charge on any atom is 0.348 e. The van der Waals surface area contributed by atoms with Gasteiger partial charge in [-0.1, -0.05) is 48.5 Å². The normalized spacial score (nSPS) is 12.0. The van der Waals surface area contributed by atoms with Crippen LogP contribution in [0.1, 0.15) is 62.5 Å². The summed E-state index contributed by atoms with van der Waals surface area (Å²) in [6.45, 7) is 2.18. The van der Waals surface area contributed by atoms with Crippen molar-refractivity contribution in [2.45, 2.75) is 64.5 Å². The van der Waals surface area contributed by atoms with Gasteiger partial charge in [0.25, 0.3) is 0 Å². The van der Waals surface area contributed by atoms with Crippen LogP contribution in [0.15, 0.2) is 96.1 Å². The fourth-order valence-corrected chi connectivity index (χ4v) is 7.22. The number of hydrogen-bond donors (Lipinski definition) is 2. The maximum absolute atomic E-state index is 12.8. The van der Waals surface area contributed by atoms with Crippen LogP contribution >= 0.6 is 0 Å². The van der Waals surface area contributed by atoms with Crippen LogP contribution in [0.4, 0.5) is 0 Å². The number of aliphatic hydroxyl groups excluding tert-OH is 2. The van der Waals surface area contributed by atoms with E-state index in [1.807, 2.05) is 72.8 Å². The first-order chi connectivity index (χ1) is 27.5. The minimum atomic E-state index is -0.674. The lowest BCUT2D eigenvalue weighted by atomic mass is 10.1. The van der Waals surface area contributed by atoms with E-state index < -0.39 is 11.9 Å². The third-order valence-electron chi connectivity index (χ3n) is 9.98. The van der Waals surface area contributed by atoms with Crippen LogP contribution in [0.2, 0.25) is 0 Å². The third-order valence-corrected chi connectivity index (χ3v) is 9.98. The lowest BCUT2D eigenvalue weighted by Crippen LogP contribution is -2.09. The smallest absolute Gasteiger partial charge is 0.348 e. The number of para-hydroxylation sites is 2. The zero-order valence-electron chi connectivity index (χ0n) is 31.5. The number of aliphatic hydroxyl groups is 2. The number of hydrogen-bond acceptors (Lipinski definition) is 8. The van der Waals surface area contributed by atoms with Gasteiger partial charge >= 0.3 is 11.9 Å². The highest BCUT2D eigenvalue weighted by Gasteiger charge is 2.16. The Morgan fingerprint density at radius 1 is 0.536 bits per heavy atom. The second kappa shape index (κ2) is 19.4. The molecule has 10 nitrogen and oxygen atoms in total. The van der Waals surface area contributed by atoms with Gasteiger partial charge < -0.3 is 28.8 Å². The highest BCUT2D eigenvalue weighted by atomic mass is 16.5. The number of nitrogens with zero attached hydrogens (tertiary/aromatic N) is 4.